The highest BCUT2D eigenvalue weighted by Gasteiger charge is 2.28. The molecule has 2 unspecified atom stereocenters. The lowest BCUT2D eigenvalue weighted by molar-refractivity contribution is -0.130. The summed E-state index contributed by atoms with van der Waals surface area (Å²) >= 11 is 0. The van der Waals surface area contributed by atoms with Crippen LogP contribution < -0.4 is 16.2 Å². The van der Waals surface area contributed by atoms with E-state index in [-0.39, 0.29) is 5.91 Å². The number of hydrazine groups is 1. The van der Waals surface area contributed by atoms with E-state index in [4.69, 9.17) is 5.73 Å². The monoisotopic (exact) mass is 415 g/mol. The van der Waals surface area contributed by atoms with E-state index in [2.05, 4.69) is 5.43 Å². The second-order valence-corrected chi connectivity index (χ2v) is 9.48. The fourth-order valence-electron chi connectivity index (χ4n) is 5.14. The number of anilines is 1. The number of para-hydroxylation sites is 1. The van der Waals surface area contributed by atoms with Gasteiger partial charge in [-0.15, -0.1) is 0 Å². The predicted molar refractivity (Wildman–Crippen MR) is 123 cm³/mol. The Kier molecular flexibility index (Phi) is 9.47. The van der Waals surface area contributed by atoms with Gasteiger partial charge in [-0.3, -0.25) is 15.2 Å². The average molecular weight is 416 g/mol. The van der Waals surface area contributed by atoms with E-state index in [1.807, 2.05) is 35.3 Å². The summed E-state index contributed by atoms with van der Waals surface area (Å²) in [6.07, 6.45) is 14.5. The minimum absolute atomic E-state index is 0.381. The van der Waals surface area contributed by atoms with Crippen molar-refractivity contribution in [3.05, 3.63) is 30.3 Å². The van der Waals surface area contributed by atoms with Crippen molar-refractivity contribution >= 4 is 11.6 Å². The third-order valence-electron chi connectivity index (χ3n) is 6.98. The van der Waals surface area contributed by atoms with Crippen molar-refractivity contribution in [2.75, 3.05) is 11.6 Å². The number of carbonyl (C=O) groups excluding carboxylic acids is 1. The first-order chi connectivity index (χ1) is 14.6. The molecule has 5 nitrogen and oxygen atoms in total. The maximum absolute atomic E-state index is 12.9. The van der Waals surface area contributed by atoms with Crippen molar-refractivity contribution in [2.24, 2.45) is 17.6 Å². The van der Waals surface area contributed by atoms with Gasteiger partial charge in [0.15, 0.2) is 0 Å². The Morgan fingerprint density at radius 2 is 1.47 bits per heavy atom. The Labute approximate surface area is 182 Å². The van der Waals surface area contributed by atoms with Crippen LogP contribution in [0.4, 0.5) is 5.69 Å². The predicted octanol–water partition coefficient (Wildman–Crippen LogP) is 4.54. The second-order valence-electron chi connectivity index (χ2n) is 9.48. The molecular weight excluding hydrogens is 374 g/mol. The molecule has 4 N–H and O–H groups in total. The molecule has 1 aromatic rings. The first kappa shape index (κ1) is 23.1. The largest absolute Gasteiger partial charge is 0.382 e. The molecule has 0 saturated heterocycles. The Bertz CT molecular complexity index is 610. The third-order valence-corrected chi connectivity index (χ3v) is 6.98. The zero-order valence-corrected chi connectivity index (χ0v) is 18.5. The zero-order chi connectivity index (χ0) is 21.2. The van der Waals surface area contributed by atoms with E-state index < -0.39 is 12.1 Å². The van der Waals surface area contributed by atoms with Crippen molar-refractivity contribution in [3.8, 4) is 0 Å². The first-order valence-electron chi connectivity index (χ1n) is 12.2. The van der Waals surface area contributed by atoms with Gasteiger partial charge in [0.2, 0.25) is 0 Å². The number of hydrogen-bond donors (Lipinski definition) is 3. The topological polar surface area (TPSA) is 78.6 Å². The molecule has 0 bridgehead atoms. The van der Waals surface area contributed by atoms with E-state index >= 15 is 0 Å². The molecule has 2 aliphatic rings. The van der Waals surface area contributed by atoms with E-state index in [0.717, 1.165) is 18.7 Å². The van der Waals surface area contributed by atoms with Crippen LogP contribution in [0, 0.1) is 11.8 Å². The lowest BCUT2D eigenvalue weighted by atomic mass is 9.84. The molecule has 2 aliphatic carbocycles. The third kappa shape index (κ3) is 7.28. The smallest absolute Gasteiger partial charge is 0.268 e. The Balaban J connectivity index is 1.60. The van der Waals surface area contributed by atoms with Gasteiger partial charge >= 0.3 is 0 Å². The summed E-state index contributed by atoms with van der Waals surface area (Å²) in [5.74, 6) is 0.711. The Morgan fingerprint density at radius 1 is 0.933 bits per heavy atom. The van der Waals surface area contributed by atoms with Crippen molar-refractivity contribution in [3.63, 3.8) is 0 Å². The zero-order valence-electron chi connectivity index (χ0n) is 18.5. The van der Waals surface area contributed by atoms with Crippen LogP contribution >= 0.6 is 0 Å². The Hall–Kier alpha value is -1.59. The van der Waals surface area contributed by atoms with Gasteiger partial charge in [0.25, 0.3) is 5.91 Å². The summed E-state index contributed by atoms with van der Waals surface area (Å²) in [4.78, 5) is 12.9. The molecule has 2 atom stereocenters. The average Bonchev–Trinajstić information content (AvgIpc) is 2.75. The number of rotatable bonds is 8. The summed E-state index contributed by atoms with van der Waals surface area (Å²) in [5, 5.41) is 12.6. The summed E-state index contributed by atoms with van der Waals surface area (Å²) in [7, 11) is 0. The molecular formula is C25H41N3O2. The van der Waals surface area contributed by atoms with Crippen LogP contribution in [-0.4, -0.2) is 29.7 Å². The fourth-order valence-corrected chi connectivity index (χ4v) is 5.14. The van der Waals surface area contributed by atoms with E-state index in [1.165, 1.54) is 77.0 Å². The molecule has 3 rings (SSSR count). The van der Waals surface area contributed by atoms with E-state index in [0.29, 0.717) is 11.8 Å². The van der Waals surface area contributed by atoms with Crippen molar-refractivity contribution < 1.29 is 9.90 Å². The number of amides is 1. The van der Waals surface area contributed by atoms with Crippen molar-refractivity contribution in [2.45, 2.75) is 95.6 Å². The SMILES string of the molecule is NC(CC1CCCCC1)C(O)C(=O)NN(CC1CCCCCCC1)c1ccccc1. The second kappa shape index (κ2) is 12.3. The van der Waals surface area contributed by atoms with Gasteiger partial charge in [-0.05, 0) is 43.2 Å². The molecule has 0 spiro atoms. The molecule has 30 heavy (non-hydrogen) atoms. The highest BCUT2D eigenvalue weighted by Crippen LogP contribution is 2.28. The number of nitrogens with one attached hydrogen (secondary N) is 1. The maximum atomic E-state index is 12.9. The molecule has 168 valence electrons. The molecule has 2 saturated carbocycles. The highest BCUT2D eigenvalue weighted by molar-refractivity contribution is 5.82. The minimum atomic E-state index is -1.17. The van der Waals surface area contributed by atoms with Crippen LogP contribution in [0.5, 0.6) is 0 Å². The molecule has 0 heterocycles. The molecule has 5 heteroatoms. The van der Waals surface area contributed by atoms with Crippen molar-refractivity contribution in [1.29, 1.82) is 0 Å². The van der Waals surface area contributed by atoms with E-state index in [9.17, 15) is 9.90 Å². The highest BCUT2D eigenvalue weighted by atomic mass is 16.3. The molecule has 0 aromatic heterocycles. The van der Waals surface area contributed by atoms with Gasteiger partial charge in [-0.1, -0.05) is 82.4 Å². The molecule has 1 aromatic carbocycles. The van der Waals surface area contributed by atoms with Crippen LogP contribution in [-0.2, 0) is 4.79 Å². The van der Waals surface area contributed by atoms with Crippen LogP contribution in [0.1, 0.15) is 83.5 Å². The summed E-state index contributed by atoms with van der Waals surface area (Å²) < 4.78 is 0. The number of hydrogen-bond acceptors (Lipinski definition) is 4. The van der Waals surface area contributed by atoms with Gasteiger partial charge in [0, 0.05) is 12.6 Å². The molecule has 0 radical (unpaired) electrons. The number of aliphatic hydroxyl groups excluding tert-OH is 1. The van der Waals surface area contributed by atoms with E-state index in [1.54, 1.807) is 0 Å². The summed E-state index contributed by atoms with van der Waals surface area (Å²) in [6.45, 7) is 0.778. The van der Waals surface area contributed by atoms with Gasteiger partial charge < -0.3 is 10.8 Å². The number of nitrogens with two attached hydrogens (primary N) is 1. The molecule has 1 amide bonds. The number of benzene rings is 1. The van der Waals surface area contributed by atoms with Crippen LogP contribution in [0.25, 0.3) is 0 Å². The normalized spacial score (nSPS) is 21.3. The van der Waals surface area contributed by atoms with Crippen LogP contribution in [0.2, 0.25) is 0 Å². The minimum Gasteiger partial charge on any atom is -0.382 e. The quantitative estimate of drug-likeness (QED) is 0.545. The standard InChI is InChI=1S/C25H41N3O2/c26-23(18-20-12-8-4-9-13-20)24(29)25(30)27-28(22-16-10-5-11-17-22)19-21-14-6-2-1-3-7-15-21/h5,10-11,16-17,20-21,23-24,29H,1-4,6-9,12-15,18-19,26H2,(H,27,30). The van der Waals surface area contributed by atoms with Gasteiger partial charge in [0.05, 0.1) is 5.69 Å². The number of carbonyl (C=O) groups is 1. The lowest BCUT2D eigenvalue weighted by Crippen LogP contribution is -2.54. The first-order valence-corrected chi connectivity index (χ1v) is 12.2. The lowest BCUT2D eigenvalue weighted by Gasteiger charge is -2.32. The van der Waals surface area contributed by atoms with Crippen molar-refractivity contribution in [1.82, 2.24) is 5.43 Å². The Morgan fingerprint density at radius 3 is 2.10 bits per heavy atom. The number of nitrogens with zero attached hydrogens (tertiary/aromatic N) is 1. The summed E-state index contributed by atoms with van der Waals surface area (Å²) in [5.41, 5.74) is 10.2. The van der Waals surface area contributed by atoms with Gasteiger partial charge in [-0.2, -0.15) is 0 Å². The van der Waals surface area contributed by atoms with Gasteiger partial charge in [0.1, 0.15) is 6.10 Å². The molecule has 2 fully saturated rings. The van der Waals surface area contributed by atoms with Crippen LogP contribution in [0.15, 0.2) is 30.3 Å². The van der Waals surface area contributed by atoms with Crippen LogP contribution in [0.3, 0.4) is 0 Å². The van der Waals surface area contributed by atoms with Gasteiger partial charge in [-0.25, -0.2) is 0 Å². The summed E-state index contributed by atoms with van der Waals surface area (Å²) in [6, 6.07) is 9.46. The number of aliphatic hydroxyl groups is 1. The maximum Gasteiger partial charge on any atom is 0.268 e. The fraction of sp³-hybridized carbons (Fsp3) is 0.720. The molecule has 0 aliphatic heterocycles.